The van der Waals surface area contributed by atoms with Gasteiger partial charge in [0.15, 0.2) is 6.07 Å². The van der Waals surface area contributed by atoms with Gasteiger partial charge in [-0.05, 0) is 11.6 Å². The topological polar surface area (TPSA) is 71.9 Å². The third kappa shape index (κ3) is 2.97. The predicted octanol–water partition coefficient (Wildman–Crippen LogP) is 3.83. The Kier molecular flexibility index (Phi) is 3.89. The van der Waals surface area contributed by atoms with Gasteiger partial charge >= 0.3 is 5.70 Å². The Hall–Kier alpha value is -3.39. The summed E-state index contributed by atoms with van der Waals surface area (Å²) in [6.45, 7) is 0.662. The largest absolute Gasteiger partial charge is 0.346 e. The van der Waals surface area contributed by atoms with Crippen molar-refractivity contribution in [2.45, 2.75) is 6.54 Å². The molecule has 2 aromatic carbocycles. The second kappa shape index (κ2) is 6.16. The Morgan fingerprint density at radius 1 is 1.17 bits per heavy atom. The van der Waals surface area contributed by atoms with Gasteiger partial charge in [-0.25, -0.2) is 0 Å². The van der Waals surface area contributed by atoms with Gasteiger partial charge in [0.2, 0.25) is 0 Å². The molecule has 0 bridgehead atoms. The minimum absolute atomic E-state index is 0.465. The van der Waals surface area contributed by atoms with Gasteiger partial charge in [-0.1, -0.05) is 48.5 Å². The molecule has 0 saturated carbocycles. The normalized spacial score (nSPS) is 11.3. The molecule has 0 aliphatic rings. The van der Waals surface area contributed by atoms with Gasteiger partial charge in [0.05, 0.1) is 4.92 Å². The van der Waals surface area contributed by atoms with Gasteiger partial charge in [-0.2, -0.15) is 5.26 Å². The van der Waals surface area contributed by atoms with Crippen molar-refractivity contribution in [1.29, 1.82) is 5.26 Å². The molecule has 0 fully saturated rings. The van der Waals surface area contributed by atoms with E-state index >= 15 is 0 Å². The third-order valence-electron chi connectivity index (χ3n) is 3.62. The number of para-hydroxylation sites is 1. The van der Waals surface area contributed by atoms with Crippen LogP contribution in [0.3, 0.4) is 0 Å². The molecule has 0 aliphatic carbocycles. The van der Waals surface area contributed by atoms with Crippen LogP contribution >= 0.6 is 0 Å². The zero-order valence-electron chi connectivity index (χ0n) is 12.2. The van der Waals surface area contributed by atoms with E-state index in [9.17, 15) is 10.1 Å². The van der Waals surface area contributed by atoms with Gasteiger partial charge in [-0.3, -0.25) is 10.1 Å². The smallest absolute Gasteiger partial charge is 0.342 e. The molecule has 3 rings (SSSR count). The molecule has 3 aromatic rings. The van der Waals surface area contributed by atoms with Gasteiger partial charge in [0.25, 0.3) is 0 Å². The Balaban J connectivity index is 2.11. The summed E-state index contributed by atoms with van der Waals surface area (Å²) in [6.07, 6.45) is 3.17. The molecular formula is C18H13N3O2. The predicted molar refractivity (Wildman–Crippen MR) is 88.1 cm³/mol. The zero-order valence-corrected chi connectivity index (χ0v) is 12.2. The highest BCUT2D eigenvalue weighted by molar-refractivity contribution is 5.90. The van der Waals surface area contributed by atoms with Crippen LogP contribution in [0.2, 0.25) is 0 Å². The molecule has 112 valence electrons. The second-order valence-electron chi connectivity index (χ2n) is 5.11. The Morgan fingerprint density at radius 3 is 2.57 bits per heavy atom. The molecule has 5 nitrogen and oxygen atoms in total. The van der Waals surface area contributed by atoms with Gasteiger partial charge in [-0.15, -0.1) is 0 Å². The first kappa shape index (κ1) is 14.5. The van der Waals surface area contributed by atoms with Crippen molar-refractivity contribution in [3.05, 3.63) is 87.7 Å². The van der Waals surface area contributed by atoms with Crippen LogP contribution in [0.5, 0.6) is 0 Å². The summed E-state index contributed by atoms with van der Waals surface area (Å²) < 4.78 is 2.03. The lowest BCUT2D eigenvalue weighted by molar-refractivity contribution is -0.415. The van der Waals surface area contributed by atoms with E-state index in [1.807, 2.05) is 65.4 Å². The number of benzene rings is 2. The first-order chi connectivity index (χ1) is 11.2. The maximum absolute atomic E-state index is 10.9. The lowest BCUT2D eigenvalue weighted by atomic mass is 10.1. The summed E-state index contributed by atoms with van der Waals surface area (Å²) in [5, 5.41) is 20.7. The minimum Gasteiger partial charge on any atom is -0.342 e. The van der Waals surface area contributed by atoms with E-state index in [4.69, 9.17) is 5.26 Å². The third-order valence-corrected chi connectivity index (χ3v) is 3.62. The summed E-state index contributed by atoms with van der Waals surface area (Å²) in [5.74, 6) is 0. The van der Waals surface area contributed by atoms with E-state index in [-0.39, 0.29) is 0 Å². The molecular weight excluding hydrogens is 290 g/mol. The van der Waals surface area contributed by atoms with E-state index < -0.39 is 10.6 Å². The monoisotopic (exact) mass is 303 g/mol. The van der Waals surface area contributed by atoms with E-state index in [1.54, 1.807) is 6.07 Å². The standard InChI is InChI=1S/C18H13N3O2/c19-11-16(21(22)23)10-15-13-20(12-14-6-2-1-3-7-14)18-9-5-4-8-17(15)18/h1-10,13H,12H2/b16-10-. The summed E-state index contributed by atoms with van der Waals surface area (Å²) in [6, 6.07) is 19.3. The molecule has 0 saturated heterocycles. The highest BCUT2D eigenvalue weighted by atomic mass is 16.6. The number of nitriles is 1. The molecule has 0 radical (unpaired) electrons. The van der Waals surface area contributed by atoms with Crippen LogP contribution in [0, 0.1) is 21.4 Å². The first-order valence-corrected chi connectivity index (χ1v) is 7.07. The number of rotatable bonds is 4. The summed E-state index contributed by atoms with van der Waals surface area (Å²) >= 11 is 0. The number of aromatic nitrogens is 1. The molecule has 0 amide bonds. The maximum atomic E-state index is 10.9. The highest BCUT2D eigenvalue weighted by Gasteiger charge is 2.13. The quantitative estimate of drug-likeness (QED) is 0.418. The second-order valence-corrected chi connectivity index (χ2v) is 5.11. The van der Waals surface area contributed by atoms with Crippen LogP contribution in [-0.4, -0.2) is 9.49 Å². The average molecular weight is 303 g/mol. The van der Waals surface area contributed by atoms with Crippen molar-refractivity contribution in [3.63, 3.8) is 0 Å². The van der Waals surface area contributed by atoms with Crippen molar-refractivity contribution < 1.29 is 4.92 Å². The number of allylic oxidation sites excluding steroid dienone is 1. The molecule has 23 heavy (non-hydrogen) atoms. The van der Waals surface area contributed by atoms with Crippen molar-refractivity contribution >= 4 is 17.0 Å². The molecule has 5 heteroatoms. The SMILES string of the molecule is N#C/C(=C/c1cn(Cc2ccccc2)c2ccccc12)[N+](=O)[O-]. The van der Waals surface area contributed by atoms with Gasteiger partial charge in [0.1, 0.15) is 0 Å². The lowest BCUT2D eigenvalue weighted by Gasteiger charge is -2.05. The highest BCUT2D eigenvalue weighted by Crippen LogP contribution is 2.24. The first-order valence-electron chi connectivity index (χ1n) is 7.07. The van der Waals surface area contributed by atoms with Crippen molar-refractivity contribution in [2.24, 2.45) is 0 Å². The molecule has 1 aromatic heterocycles. The van der Waals surface area contributed by atoms with E-state index in [0.717, 1.165) is 16.5 Å². The lowest BCUT2D eigenvalue weighted by Crippen LogP contribution is -1.97. The Bertz CT molecular complexity index is 934. The van der Waals surface area contributed by atoms with E-state index in [2.05, 4.69) is 0 Å². The van der Waals surface area contributed by atoms with Crippen LogP contribution in [0.1, 0.15) is 11.1 Å². The van der Waals surface area contributed by atoms with Crippen molar-refractivity contribution in [1.82, 2.24) is 4.57 Å². The average Bonchev–Trinajstić information content (AvgIpc) is 2.91. The fourth-order valence-corrected chi connectivity index (χ4v) is 2.57. The van der Waals surface area contributed by atoms with E-state index in [0.29, 0.717) is 12.1 Å². The van der Waals surface area contributed by atoms with Gasteiger partial charge < -0.3 is 4.57 Å². The number of hydrogen-bond donors (Lipinski definition) is 0. The number of nitro groups is 1. The Morgan fingerprint density at radius 2 is 1.87 bits per heavy atom. The molecule has 0 spiro atoms. The molecule has 0 aliphatic heterocycles. The van der Waals surface area contributed by atoms with Crippen molar-refractivity contribution in [3.8, 4) is 6.07 Å². The fraction of sp³-hybridized carbons (Fsp3) is 0.0556. The van der Waals surface area contributed by atoms with Crippen LogP contribution in [-0.2, 0) is 6.54 Å². The summed E-state index contributed by atoms with van der Waals surface area (Å²) in [4.78, 5) is 10.2. The van der Waals surface area contributed by atoms with Crippen LogP contribution in [0.15, 0.2) is 66.5 Å². The van der Waals surface area contributed by atoms with Crippen molar-refractivity contribution in [2.75, 3.05) is 0 Å². The Labute approximate surface area is 132 Å². The number of fused-ring (bicyclic) bond motifs is 1. The van der Waals surface area contributed by atoms with Gasteiger partial charge in [0, 0.05) is 35.3 Å². The molecule has 0 N–H and O–H groups in total. The van der Waals surface area contributed by atoms with E-state index in [1.165, 1.54) is 6.08 Å². The zero-order chi connectivity index (χ0) is 16.2. The molecule has 1 heterocycles. The number of nitrogens with zero attached hydrogens (tertiary/aromatic N) is 3. The van der Waals surface area contributed by atoms with Crippen LogP contribution < -0.4 is 0 Å². The fourth-order valence-electron chi connectivity index (χ4n) is 2.57. The molecule has 0 atom stereocenters. The van der Waals surface area contributed by atoms with Crippen LogP contribution in [0.4, 0.5) is 0 Å². The maximum Gasteiger partial charge on any atom is 0.346 e. The number of hydrogen-bond acceptors (Lipinski definition) is 3. The van der Waals surface area contributed by atoms with Crippen LogP contribution in [0.25, 0.3) is 17.0 Å². The molecule has 0 unspecified atom stereocenters. The summed E-state index contributed by atoms with van der Waals surface area (Å²) in [5.41, 5.74) is 2.32. The summed E-state index contributed by atoms with van der Waals surface area (Å²) in [7, 11) is 0. The minimum atomic E-state index is -0.663.